The van der Waals surface area contributed by atoms with Gasteiger partial charge in [-0.15, -0.1) is 0 Å². The molecule has 3 aromatic rings. The highest BCUT2D eigenvalue weighted by atomic mass is 35.5. The molecule has 0 aliphatic carbocycles. The van der Waals surface area contributed by atoms with Crippen molar-refractivity contribution in [3.8, 4) is 11.5 Å². The van der Waals surface area contributed by atoms with Crippen LogP contribution in [0.3, 0.4) is 0 Å². The molecule has 32 heavy (non-hydrogen) atoms. The summed E-state index contributed by atoms with van der Waals surface area (Å²) in [6.07, 6.45) is 2.17. The van der Waals surface area contributed by atoms with Crippen molar-refractivity contribution in [3.63, 3.8) is 0 Å². The van der Waals surface area contributed by atoms with Crippen molar-refractivity contribution in [1.29, 1.82) is 0 Å². The third-order valence-electron chi connectivity index (χ3n) is 4.98. The first-order chi connectivity index (χ1) is 15.4. The smallest absolute Gasteiger partial charge is 0.286 e. The third kappa shape index (κ3) is 7.04. The van der Waals surface area contributed by atoms with Gasteiger partial charge in [0.05, 0.1) is 7.11 Å². The molecule has 3 rings (SSSR count). The fourth-order valence-corrected chi connectivity index (χ4v) is 3.52. The number of hydrogen-bond acceptors (Lipinski definition) is 3. The molecule has 1 atom stereocenters. The van der Waals surface area contributed by atoms with Gasteiger partial charge in [-0.25, -0.2) is 0 Å². The predicted molar refractivity (Wildman–Crippen MR) is 130 cm³/mol. The number of amides is 1. The molecule has 0 fully saturated rings. The summed E-state index contributed by atoms with van der Waals surface area (Å²) in [6.45, 7) is 3.80. The van der Waals surface area contributed by atoms with Gasteiger partial charge in [-0.2, -0.15) is 0 Å². The Morgan fingerprint density at radius 2 is 1.47 bits per heavy atom. The topological polar surface area (TPSA) is 47.6 Å². The number of carbonyl (C=O) groups excluding carboxylic acids is 1. The standard InChI is InChI=1S/C26H25Cl2NO3/c1-18(32-25-6-4-3-5-24(25)31-2)26(30)29-23(17-20-9-14-22(28)15-10-20)16-11-19-7-12-21(27)13-8-19/h3-10,12-15,23H,1,11,16-17H2,2H3,(H,29,30). The van der Waals surface area contributed by atoms with Gasteiger partial charge in [0.25, 0.3) is 5.91 Å². The van der Waals surface area contributed by atoms with E-state index in [-0.39, 0.29) is 17.7 Å². The van der Waals surface area contributed by atoms with E-state index in [1.165, 1.54) is 0 Å². The quantitative estimate of drug-likeness (QED) is 0.281. The maximum Gasteiger partial charge on any atom is 0.286 e. The summed E-state index contributed by atoms with van der Waals surface area (Å²) in [5, 5.41) is 4.43. The van der Waals surface area contributed by atoms with E-state index in [1.807, 2.05) is 54.6 Å². The average molecular weight is 470 g/mol. The zero-order chi connectivity index (χ0) is 22.9. The molecule has 4 nitrogen and oxygen atoms in total. The van der Waals surface area contributed by atoms with Gasteiger partial charge in [-0.05, 0) is 66.8 Å². The molecule has 0 aromatic heterocycles. The predicted octanol–water partition coefficient (Wildman–Crippen LogP) is 6.25. The first kappa shape index (κ1) is 23.7. The number of aryl methyl sites for hydroxylation is 1. The van der Waals surface area contributed by atoms with Crippen molar-refractivity contribution < 1.29 is 14.3 Å². The summed E-state index contributed by atoms with van der Waals surface area (Å²) >= 11 is 12.0. The molecule has 0 heterocycles. The molecule has 0 spiro atoms. The maximum absolute atomic E-state index is 12.8. The molecular weight excluding hydrogens is 445 g/mol. The fourth-order valence-electron chi connectivity index (χ4n) is 3.27. The molecular formula is C26H25Cl2NO3. The lowest BCUT2D eigenvalue weighted by Crippen LogP contribution is -2.38. The lowest BCUT2D eigenvalue weighted by atomic mass is 9.99. The lowest BCUT2D eigenvalue weighted by molar-refractivity contribution is -0.120. The Labute approximate surface area is 198 Å². The zero-order valence-corrected chi connectivity index (χ0v) is 19.3. The second-order valence-electron chi connectivity index (χ2n) is 7.34. The first-order valence-electron chi connectivity index (χ1n) is 10.2. The Kier molecular flexibility index (Phi) is 8.60. The zero-order valence-electron chi connectivity index (χ0n) is 17.8. The highest BCUT2D eigenvalue weighted by molar-refractivity contribution is 6.30. The van der Waals surface area contributed by atoms with E-state index < -0.39 is 0 Å². The van der Waals surface area contributed by atoms with E-state index >= 15 is 0 Å². The van der Waals surface area contributed by atoms with Crippen LogP contribution in [0.1, 0.15) is 17.5 Å². The van der Waals surface area contributed by atoms with Gasteiger partial charge < -0.3 is 14.8 Å². The van der Waals surface area contributed by atoms with E-state index in [0.29, 0.717) is 28.0 Å². The molecule has 0 saturated heterocycles. The summed E-state index contributed by atoms with van der Waals surface area (Å²) in [6, 6.07) is 22.3. The molecule has 3 aromatic carbocycles. The number of halogens is 2. The highest BCUT2D eigenvalue weighted by Crippen LogP contribution is 2.27. The van der Waals surface area contributed by atoms with E-state index in [4.69, 9.17) is 32.7 Å². The van der Waals surface area contributed by atoms with E-state index in [0.717, 1.165) is 24.0 Å². The van der Waals surface area contributed by atoms with E-state index in [2.05, 4.69) is 11.9 Å². The number of hydrogen-bond donors (Lipinski definition) is 1. The Morgan fingerprint density at radius 1 is 0.906 bits per heavy atom. The Hall–Kier alpha value is -2.95. The Bertz CT molecular complexity index is 1050. The summed E-state index contributed by atoms with van der Waals surface area (Å²) in [5.41, 5.74) is 2.22. The molecule has 0 aliphatic rings. The number of carbonyl (C=O) groups is 1. The minimum absolute atomic E-state index is 0.00194. The van der Waals surface area contributed by atoms with Crippen LogP contribution in [0.15, 0.2) is 85.1 Å². The minimum atomic E-state index is -0.369. The molecule has 0 saturated carbocycles. The first-order valence-corrected chi connectivity index (χ1v) is 11.0. The normalized spacial score (nSPS) is 11.5. The van der Waals surface area contributed by atoms with Crippen LogP contribution in [0.5, 0.6) is 11.5 Å². The van der Waals surface area contributed by atoms with E-state index in [1.54, 1.807) is 25.3 Å². The molecule has 166 valence electrons. The minimum Gasteiger partial charge on any atom is -0.493 e. The summed E-state index contributed by atoms with van der Waals surface area (Å²) in [7, 11) is 1.55. The van der Waals surface area contributed by atoms with Crippen molar-refractivity contribution in [2.45, 2.75) is 25.3 Å². The Morgan fingerprint density at radius 3 is 2.06 bits per heavy atom. The van der Waals surface area contributed by atoms with Crippen molar-refractivity contribution in [1.82, 2.24) is 5.32 Å². The van der Waals surface area contributed by atoms with Gasteiger partial charge >= 0.3 is 0 Å². The van der Waals surface area contributed by atoms with Crippen molar-refractivity contribution >= 4 is 29.1 Å². The van der Waals surface area contributed by atoms with Gasteiger partial charge in [0.1, 0.15) is 0 Å². The Balaban J connectivity index is 1.68. The van der Waals surface area contributed by atoms with Crippen LogP contribution in [0.25, 0.3) is 0 Å². The van der Waals surface area contributed by atoms with Gasteiger partial charge in [0.2, 0.25) is 0 Å². The van der Waals surface area contributed by atoms with Gasteiger partial charge in [0.15, 0.2) is 17.3 Å². The van der Waals surface area contributed by atoms with Crippen LogP contribution in [0, 0.1) is 0 Å². The molecule has 1 amide bonds. The van der Waals surface area contributed by atoms with Crippen molar-refractivity contribution in [2.24, 2.45) is 0 Å². The largest absolute Gasteiger partial charge is 0.493 e. The van der Waals surface area contributed by atoms with Crippen molar-refractivity contribution in [2.75, 3.05) is 7.11 Å². The fraction of sp³-hybridized carbons (Fsp3) is 0.192. The molecule has 1 unspecified atom stereocenters. The maximum atomic E-state index is 12.8. The number of nitrogens with one attached hydrogen (secondary N) is 1. The molecule has 0 aliphatic heterocycles. The van der Waals surface area contributed by atoms with E-state index in [9.17, 15) is 4.79 Å². The lowest BCUT2D eigenvalue weighted by Gasteiger charge is -2.20. The van der Waals surface area contributed by atoms with Crippen LogP contribution in [-0.2, 0) is 17.6 Å². The molecule has 0 bridgehead atoms. The summed E-state index contributed by atoms with van der Waals surface area (Å²) < 4.78 is 11.0. The second kappa shape index (κ2) is 11.6. The highest BCUT2D eigenvalue weighted by Gasteiger charge is 2.18. The molecule has 6 heteroatoms. The van der Waals surface area contributed by atoms with Crippen molar-refractivity contribution in [3.05, 3.63) is 106 Å². The van der Waals surface area contributed by atoms with Crippen LogP contribution in [-0.4, -0.2) is 19.1 Å². The summed E-state index contributed by atoms with van der Waals surface area (Å²) in [5.74, 6) is 0.598. The monoisotopic (exact) mass is 469 g/mol. The molecule has 1 N–H and O–H groups in total. The average Bonchev–Trinajstić information content (AvgIpc) is 2.80. The van der Waals surface area contributed by atoms with Crippen LogP contribution in [0.4, 0.5) is 0 Å². The summed E-state index contributed by atoms with van der Waals surface area (Å²) in [4.78, 5) is 12.8. The number of rotatable bonds is 10. The number of benzene rings is 3. The number of methoxy groups -OCH3 is 1. The second-order valence-corrected chi connectivity index (χ2v) is 8.22. The number of ether oxygens (including phenoxy) is 2. The third-order valence-corrected chi connectivity index (χ3v) is 5.48. The van der Waals surface area contributed by atoms with Gasteiger partial charge in [-0.1, -0.05) is 66.2 Å². The van der Waals surface area contributed by atoms with Crippen LogP contribution >= 0.6 is 23.2 Å². The van der Waals surface area contributed by atoms with Gasteiger partial charge in [-0.3, -0.25) is 4.79 Å². The van der Waals surface area contributed by atoms with Gasteiger partial charge in [0, 0.05) is 16.1 Å². The number of para-hydroxylation sites is 2. The van der Waals surface area contributed by atoms with Crippen LogP contribution < -0.4 is 14.8 Å². The SMILES string of the molecule is C=C(Oc1ccccc1OC)C(=O)NC(CCc1ccc(Cl)cc1)Cc1ccc(Cl)cc1. The van der Waals surface area contributed by atoms with Crippen LogP contribution in [0.2, 0.25) is 10.0 Å². The molecule has 0 radical (unpaired) electrons.